The van der Waals surface area contributed by atoms with Crippen molar-refractivity contribution in [2.45, 2.75) is 13.0 Å². The van der Waals surface area contributed by atoms with Gasteiger partial charge in [-0.05, 0) is 18.2 Å². The van der Waals surface area contributed by atoms with Gasteiger partial charge in [-0.1, -0.05) is 29.8 Å². The second-order valence-electron chi connectivity index (χ2n) is 5.94. The second kappa shape index (κ2) is 8.60. The molecule has 1 N–H and O–H groups in total. The number of benzene rings is 1. The van der Waals surface area contributed by atoms with Crippen molar-refractivity contribution in [3.63, 3.8) is 0 Å². The van der Waals surface area contributed by atoms with Gasteiger partial charge in [0.15, 0.2) is 0 Å². The van der Waals surface area contributed by atoms with Crippen molar-refractivity contribution in [3.8, 4) is 21.8 Å². The number of nitrogens with one attached hydrogen (secondary N) is 1. The molecule has 1 aromatic carbocycles. The van der Waals surface area contributed by atoms with Crippen LogP contribution in [0.2, 0.25) is 5.02 Å². The number of halogens is 1. The van der Waals surface area contributed by atoms with Gasteiger partial charge in [0.05, 0.1) is 29.4 Å². The summed E-state index contributed by atoms with van der Waals surface area (Å²) in [5, 5.41) is 9.11. The van der Waals surface area contributed by atoms with E-state index in [-0.39, 0.29) is 12.3 Å². The number of amides is 1. The number of rotatable bonds is 6. The SMILES string of the molecule is O=C(Cc1csc(-c2ccccc2Cl)n1)NCc1nc(-c2ccncc2)cs1. The van der Waals surface area contributed by atoms with Crippen LogP contribution in [0.5, 0.6) is 0 Å². The number of nitrogens with zero attached hydrogens (tertiary/aromatic N) is 3. The van der Waals surface area contributed by atoms with Gasteiger partial charge in [-0.2, -0.15) is 0 Å². The molecule has 0 aliphatic carbocycles. The highest BCUT2D eigenvalue weighted by Gasteiger charge is 2.12. The van der Waals surface area contributed by atoms with E-state index in [2.05, 4.69) is 20.3 Å². The van der Waals surface area contributed by atoms with E-state index in [4.69, 9.17) is 11.6 Å². The molecule has 3 aromatic heterocycles. The summed E-state index contributed by atoms with van der Waals surface area (Å²) in [4.78, 5) is 25.4. The molecule has 1 amide bonds. The first kappa shape index (κ1) is 18.7. The normalized spacial score (nSPS) is 10.8. The Morgan fingerprint density at radius 3 is 2.68 bits per heavy atom. The Morgan fingerprint density at radius 1 is 1.04 bits per heavy atom. The molecule has 0 radical (unpaired) electrons. The Bertz CT molecular complexity index is 1090. The van der Waals surface area contributed by atoms with E-state index in [1.54, 1.807) is 12.4 Å². The molecule has 0 atom stereocenters. The van der Waals surface area contributed by atoms with E-state index in [1.807, 2.05) is 47.2 Å². The minimum Gasteiger partial charge on any atom is -0.349 e. The van der Waals surface area contributed by atoms with Crippen molar-refractivity contribution >= 4 is 40.2 Å². The highest BCUT2D eigenvalue weighted by atomic mass is 35.5. The van der Waals surface area contributed by atoms with E-state index < -0.39 is 0 Å². The Labute approximate surface area is 175 Å². The monoisotopic (exact) mass is 426 g/mol. The van der Waals surface area contributed by atoms with Crippen LogP contribution in [0.3, 0.4) is 0 Å². The molecule has 4 aromatic rings. The first-order valence-electron chi connectivity index (χ1n) is 8.50. The average Bonchev–Trinajstić information content (AvgIpc) is 3.37. The maximum atomic E-state index is 12.3. The molecule has 140 valence electrons. The van der Waals surface area contributed by atoms with E-state index in [0.29, 0.717) is 11.6 Å². The summed E-state index contributed by atoms with van der Waals surface area (Å²) in [6, 6.07) is 11.4. The zero-order valence-electron chi connectivity index (χ0n) is 14.6. The predicted octanol–water partition coefficient (Wildman–Crippen LogP) is 4.84. The first-order valence-corrected chi connectivity index (χ1v) is 10.6. The molecule has 0 bridgehead atoms. The van der Waals surface area contributed by atoms with Crippen LogP contribution < -0.4 is 5.32 Å². The lowest BCUT2D eigenvalue weighted by molar-refractivity contribution is -0.120. The fourth-order valence-corrected chi connectivity index (χ4v) is 4.48. The number of aromatic nitrogens is 3. The van der Waals surface area contributed by atoms with Gasteiger partial charge in [0.2, 0.25) is 5.91 Å². The molecule has 8 heteroatoms. The highest BCUT2D eigenvalue weighted by molar-refractivity contribution is 7.13. The Balaban J connectivity index is 1.34. The first-order chi connectivity index (χ1) is 13.7. The fraction of sp³-hybridized carbons (Fsp3) is 0.100. The van der Waals surface area contributed by atoms with Gasteiger partial charge >= 0.3 is 0 Å². The number of thiazole rings is 2. The quantitative estimate of drug-likeness (QED) is 0.479. The Hall–Kier alpha value is -2.61. The van der Waals surface area contributed by atoms with Crippen LogP contribution in [0.4, 0.5) is 0 Å². The molecular formula is C20H15ClN4OS2. The molecule has 3 heterocycles. The number of hydrogen-bond acceptors (Lipinski definition) is 6. The molecule has 0 aliphatic rings. The van der Waals surface area contributed by atoms with Crippen LogP contribution in [0.15, 0.2) is 59.6 Å². The number of carbonyl (C=O) groups excluding carboxylic acids is 1. The van der Waals surface area contributed by atoms with Gasteiger partial charge < -0.3 is 5.32 Å². The van der Waals surface area contributed by atoms with Crippen LogP contribution in [0.25, 0.3) is 21.8 Å². The molecule has 0 saturated carbocycles. The van der Waals surface area contributed by atoms with Gasteiger partial charge in [-0.25, -0.2) is 9.97 Å². The van der Waals surface area contributed by atoms with Crippen LogP contribution >= 0.6 is 34.3 Å². The largest absolute Gasteiger partial charge is 0.349 e. The lowest BCUT2D eigenvalue weighted by Gasteiger charge is -2.01. The molecule has 0 unspecified atom stereocenters. The highest BCUT2D eigenvalue weighted by Crippen LogP contribution is 2.30. The maximum Gasteiger partial charge on any atom is 0.226 e. The van der Waals surface area contributed by atoms with Crippen LogP contribution in [-0.2, 0) is 17.8 Å². The zero-order chi connectivity index (χ0) is 19.3. The predicted molar refractivity (Wildman–Crippen MR) is 113 cm³/mol. The molecule has 0 aliphatic heterocycles. The molecule has 0 fully saturated rings. The van der Waals surface area contributed by atoms with Crippen molar-refractivity contribution in [1.82, 2.24) is 20.3 Å². The van der Waals surface area contributed by atoms with Gasteiger partial charge in [0, 0.05) is 34.3 Å². The minimum absolute atomic E-state index is 0.0864. The lowest BCUT2D eigenvalue weighted by atomic mass is 10.2. The van der Waals surface area contributed by atoms with E-state index in [1.165, 1.54) is 22.7 Å². The summed E-state index contributed by atoms with van der Waals surface area (Å²) < 4.78 is 0. The van der Waals surface area contributed by atoms with E-state index in [9.17, 15) is 4.79 Å². The fourth-order valence-electron chi connectivity index (χ4n) is 2.60. The molecule has 28 heavy (non-hydrogen) atoms. The summed E-state index contributed by atoms with van der Waals surface area (Å²) in [7, 11) is 0. The summed E-state index contributed by atoms with van der Waals surface area (Å²) in [6.07, 6.45) is 3.70. The van der Waals surface area contributed by atoms with E-state index in [0.717, 1.165) is 32.5 Å². The van der Waals surface area contributed by atoms with Crippen molar-refractivity contribution in [2.75, 3.05) is 0 Å². The third-order valence-electron chi connectivity index (χ3n) is 3.96. The van der Waals surface area contributed by atoms with Crippen molar-refractivity contribution in [2.24, 2.45) is 0 Å². The van der Waals surface area contributed by atoms with Gasteiger partial charge in [0.1, 0.15) is 10.0 Å². The van der Waals surface area contributed by atoms with Crippen molar-refractivity contribution < 1.29 is 4.79 Å². The van der Waals surface area contributed by atoms with Crippen molar-refractivity contribution in [1.29, 1.82) is 0 Å². The summed E-state index contributed by atoms with van der Waals surface area (Å²) in [5.41, 5.74) is 3.51. The summed E-state index contributed by atoms with van der Waals surface area (Å²) in [5.74, 6) is -0.0864. The molecule has 4 rings (SSSR count). The molecule has 0 spiro atoms. The van der Waals surface area contributed by atoms with Crippen LogP contribution in [0.1, 0.15) is 10.7 Å². The lowest BCUT2D eigenvalue weighted by Crippen LogP contribution is -2.24. The third kappa shape index (κ3) is 4.44. The number of carbonyl (C=O) groups is 1. The minimum atomic E-state index is -0.0864. The zero-order valence-corrected chi connectivity index (χ0v) is 17.0. The maximum absolute atomic E-state index is 12.3. The van der Waals surface area contributed by atoms with Gasteiger partial charge in [0.25, 0.3) is 0 Å². The van der Waals surface area contributed by atoms with E-state index >= 15 is 0 Å². The smallest absolute Gasteiger partial charge is 0.226 e. The third-order valence-corrected chi connectivity index (χ3v) is 6.07. The number of pyridine rings is 1. The van der Waals surface area contributed by atoms with Crippen molar-refractivity contribution in [3.05, 3.63) is 75.3 Å². The molecular weight excluding hydrogens is 412 g/mol. The molecule has 0 saturated heterocycles. The Morgan fingerprint density at radius 2 is 1.86 bits per heavy atom. The second-order valence-corrected chi connectivity index (χ2v) is 8.15. The van der Waals surface area contributed by atoms with Crippen LogP contribution in [0, 0.1) is 0 Å². The standard InChI is InChI=1S/C20H15ClN4OS2/c21-16-4-2-1-3-15(16)20-24-14(11-28-20)9-18(26)23-10-19-25-17(12-27-19)13-5-7-22-8-6-13/h1-8,11-12H,9-10H2,(H,23,26). The Kier molecular flexibility index (Phi) is 5.76. The number of hydrogen-bond donors (Lipinski definition) is 1. The molecule has 5 nitrogen and oxygen atoms in total. The van der Waals surface area contributed by atoms with Gasteiger partial charge in [-0.15, -0.1) is 22.7 Å². The summed E-state index contributed by atoms with van der Waals surface area (Å²) >= 11 is 9.22. The van der Waals surface area contributed by atoms with Gasteiger partial charge in [-0.3, -0.25) is 9.78 Å². The van der Waals surface area contributed by atoms with Crippen LogP contribution in [-0.4, -0.2) is 20.9 Å². The topological polar surface area (TPSA) is 67.8 Å². The summed E-state index contributed by atoms with van der Waals surface area (Å²) in [6.45, 7) is 0.399. The average molecular weight is 427 g/mol.